The molecule has 0 radical (unpaired) electrons. The highest BCUT2D eigenvalue weighted by Gasteiger charge is 2.31. The van der Waals surface area contributed by atoms with Crippen LogP contribution in [-0.4, -0.2) is 31.9 Å². The van der Waals surface area contributed by atoms with Crippen molar-refractivity contribution in [2.24, 2.45) is 0 Å². The average Bonchev–Trinajstić information content (AvgIpc) is 2.60. The fourth-order valence-electron chi connectivity index (χ4n) is 2.71. The van der Waals surface area contributed by atoms with Crippen molar-refractivity contribution < 1.29 is 13.2 Å². The van der Waals surface area contributed by atoms with E-state index < -0.39 is 16.1 Å². The van der Waals surface area contributed by atoms with Crippen molar-refractivity contribution in [2.45, 2.75) is 25.4 Å². The third-order valence-corrected chi connectivity index (χ3v) is 5.43. The number of likely N-dealkylation sites (N-methyl/N-ethyl adjacent to an activating group) is 1. The average molecular weight is 360 g/mol. The quantitative estimate of drug-likeness (QED) is 0.826. The molecule has 0 aliphatic rings. The van der Waals surface area contributed by atoms with Gasteiger partial charge in [0, 0.05) is 7.05 Å². The summed E-state index contributed by atoms with van der Waals surface area (Å²) in [6.07, 6.45) is 1.81. The lowest BCUT2D eigenvalue weighted by atomic mass is 10.0. The van der Waals surface area contributed by atoms with Crippen molar-refractivity contribution >= 4 is 15.9 Å². The molecule has 0 fully saturated rings. The van der Waals surface area contributed by atoms with E-state index in [1.54, 1.807) is 24.3 Å². The van der Waals surface area contributed by atoms with Crippen LogP contribution in [0, 0.1) is 0 Å². The summed E-state index contributed by atoms with van der Waals surface area (Å²) < 4.78 is 25.1. The highest BCUT2D eigenvalue weighted by molar-refractivity contribution is 7.88. The fraction of sp³-hybridized carbons (Fsp3) is 0.316. The van der Waals surface area contributed by atoms with E-state index in [9.17, 15) is 13.2 Å². The molecule has 1 amide bonds. The second-order valence-corrected chi connectivity index (χ2v) is 8.01. The Kier molecular flexibility index (Phi) is 6.33. The van der Waals surface area contributed by atoms with E-state index >= 15 is 0 Å². The Hall–Kier alpha value is -2.18. The molecule has 0 saturated carbocycles. The van der Waals surface area contributed by atoms with Gasteiger partial charge in [0.25, 0.3) is 0 Å². The van der Waals surface area contributed by atoms with Gasteiger partial charge in [-0.25, -0.2) is 8.42 Å². The third-order valence-electron chi connectivity index (χ3n) is 4.18. The van der Waals surface area contributed by atoms with Gasteiger partial charge in [0.15, 0.2) is 0 Å². The van der Waals surface area contributed by atoms with Crippen molar-refractivity contribution in [3.8, 4) is 0 Å². The van der Waals surface area contributed by atoms with Gasteiger partial charge < -0.3 is 5.32 Å². The zero-order valence-electron chi connectivity index (χ0n) is 14.7. The normalized spacial score (nSPS) is 14.1. The predicted molar refractivity (Wildman–Crippen MR) is 99.4 cm³/mol. The van der Waals surface area contributed by atoms with Gasteiger partial charge in [0.2, 0.25) is 15.9 Å². The molecule has 2 rings (SSSR count). The summed E-state index contributed by atoms with van der Waals surface area (Å²) in [4.78, 5) is 13.0. The number of nitrogens with one attached hydrogen (secondary N) is 1. The lowest BCUT2D eigenvalue weighted by molar-refractivity contribution is -0.125. The largest absolute Gasteiger partial charge is 0.348 e. The molecule has 0 spiro atoms. The molecule has 2 aromatic carbocycles. The summed E-state index contributed by atoms with van der Waals surface area (Å²) in [7, 11) is -2.10. The monoisotopic (exact) mass is 360 g/mol. The first-order valence-corrected chi connectivity index (χ1v) is 10.0. The zero-order chi connectivity index (χ0) is 18.4. The Morgan fingerprint density at radius 2 is 1.48 bits per heavy atom. The molecule has 0 aromatic heterocycles. The Morgan fingerprint density at radius 1 is 1.00 bits per heavy atom. The second-order valence-electron chi connectivity index (χ2n) is 5.97. The highest BCUT2D eigenvalue weighted by atomic mass is 32.2. The molecule has 0 aliphatic heterocycles. The molecular weight excluding hydrogens is 336 g/mol. The number of carbonyl (C=O) groups excluding carboxylic acids is 1. The molecule has 5 nitrogen and oxygen atoms in total. The van der Waals surface area contributed by atoms with Crippen LogP contribution in [0.1, 0.15) is 36.6 Å². The number of sulfonamides is 1. The molecule has 25 heavy (non-hydrogen) atoms. The van der Waals surface area contributed by atoms with Crippen molar-refractivity contribution in [1.29, 1.82) is 0 Å². The predicted octanol–water partition coefficient (Wildman–Crippen LogP) is 2.89. The molecular formula is C19H24N2O3S. The number of benzene rings is 2. The molecule has 0 unspecified atom stereocenters. The molecule has 0 heterocycles. The minimum absolute atomic E-state index is 0.173. The van der Waals surface area contributed by atoms with Gasteiger partial charge in [-0.05, 0) is 17.5 Å². The number of nitrogens with zero attached hydrogens (tertiary/aromatic N) is 1. The Bertz CT molecular complexity index is 792. The maximum atomic E-state index is 13.0. The van der Waals surface area contributed by atoms with Crippen LogP contribution in [0.5, 0.6) is 0 Å². The van der Waals surface area contributed by atoms with Gasteiger partial charge in [0.05, 0.1) is 12.3 Å². The summed E-state index contributed by atoms with van der Waals surface area (Å²) >= 11 is 0. The van der Waals surface area contributed by atoms with E-state index in [0.717, 1.165) is 16.1 Å². The van der Waals surface area contributed by atoms with E-state index in [2.05, 4.69) is 5.32 Å². The zero-order valence-corrected chi connectivity index (χ0v) is 15.5. The first-order valence-electron chi connectivity index (χ1n) is 8.18. The molecule has 1 N–H and O–H groups in total. The van der Waals surface area contributed by atoms with Gasteiger partial charge in [-0.1, -0.05) is 67.6 Å². The molecule has 0 saturated heterocycles. The Labute approximate surface area is 149 Å². The standard InChI is InChI=1S/C19H24N2O3S/c1-4-17(15-11-7-5-8-12-15)20-19(22)18(21(2)25(3,23)24)16-13-9-6-10-14-16/h5-14,17-18H,4H2,1-3H3,(H,20,22)/t17-,18+/m1/s1. The number of carbonyl (C=O) groups is 1. The summed E-state index contributed by atoms with van der Waals surface area (Å²) in [6, 6.07) is 17.5. The van der Waals surface area contributed by atoms with Crippen LogP contribution in [0.15, 0.2) is 60.7 Å². The van der Waals surface area contributed by atoms with Gasteiger partial charge in [0.1, 0.15) is 6.04 Å². The van der Waals surface area contributed by atoms with E-state index in [-0.39, 0.29) is 11.9 Å². The number of rotatable bonds is 7. The van der Waals surface area contributed by atoms with Crippen molar-refractivity contribution in [1.82, 2.24) is 9.62 Å². The molecule has 0 bridgehead atoms. The van der Waals surface area contributed by atoms with Gasteiger partial charge >= 0.3 is 0 Å². The molecule has 0 aliphatic carbocycles. The van der Waals surface area contributed by atoms with Crippen LogP contribution < -0.4 is 5.32 Å². The van der Waals surface area contributed by atoms with Crippen molar-refractivity contribution in [3.05, 3.63) is 71.8 Å². The number of amides is 1. The lowest BCUT2D eigenvalue weighted by Crippen LogP contribution is -2.42. The van der Waals surface area contributed by atoms with Gasteiger partial charge in [-0.2, -0.15) is 4.31 Å². The topological polar surface area (TPSA) is 66.5 Å². The van der Waals surface area contributed by atoms with Crippen LogP contribution >= 0.6 is 0 Å². The van der Waals surface area contributed by atoms with Crippen molar-refractivity contribution in [2.75, 3.05) is 13.3 Å². The summed E-state index contributed by atoms with van der Waals surface area (Å²) in [5.41, 5.74) is 1.63. The van der Waals surface area contributed by atoms with Crippen LogP contribution in [0.3, 0.4) is 0 Å². The van der Waals surface area contributed by atoms with Gasteiger partial charge in [-0.15, -0.1) is 0 Å². The van der Waals surface area contributed by atoms with Gasteiger partial charge in [-0.3, -0.25) is 4.79 Å². The SMILES string of the molecule is CC[C@@H](NC(=O)[C@H](c1ccccc1)N(C)S(C)(=O)=O)c1ccccc1. The van der Waals surface area contributed by atoms with Crippen molar-refractivity contribution in [3.63, 3.8) is 0 Å². The maximum Gasteiger partial charge on any atom is 0.243 e. The smallest absolute Gasteiger partial charge is 0.243 e. The lowest BCUT2D eigenvalue weighted by Gasteiger charge is -2.28. The van der Waals surface area contributed by atoms with E-state index in [1.807, 2.05) is 43.3 Å². The van der Waals surface area contributed by atoms with E-state index in [4.69, 9.17) is 0 Å². The summed E-state index contributed by atoms with van der Waals surface area (Å²) in [5, 5.41) is 2.99. The summed E-state index contributed by atoms with van der Waals surface area (Å²) in [5.74, 6) is -0.338. The highest BCUT2D eigenvalue weighted by Crippen LogP contribution is 2.24. The molecule has 2 aromatic rings. The number of hydrogen-bond donors (Lipinski definition) is 1. The van der Waals surface area contributed by atoms with E-state index in [1.165, 1.54) is 7.05 Å². The summed E-state index contributed by atoms with van der Waals surface area (Å²) in [6.45, 7) is 1.98. The third kappa shape index (κ3) is 4.90. The van der Waals surface area contributed by atoms with Crippen LogP contribution in [0.4, 0.5) is 0 Å². The van der Waals surface area contributed by atoms with Crippen LogP contribution in [0.25, 0.3) is 0 Å². The Morgan fingerprint density at radius 3 is 1.92 bits per heavy atom. The first-order chi connectivity index (χ1) is 11.8. The van der Waals surface area contributed by atoms with E-state index in [0.29, 0.717) is 12.0 Å². The van der Waals surface area contributed by atoms with Crippen LogP contribution in [-0.2, 0) is 14.8 Å². The second kappa shape index (κ2) is 8.27. The minimum atomic E-state index is -3.53. The Balaban J connectivity index is 2.32. The first kappa shape index (κ1) is 19.1. The molecule has 2 atom stereocenters. The maximum absolute atomic E-state index is 13.0. The molecule has 134 valence electrons. The number of hydrogen-bond acceptors (Lipinski definition) is 3. The van der Waals surface area contributed by atoms with Crippen LogP contribution in [0.2, 0.25) is 0 Å². The molecule has 6 heteroatoms. The minimum Gasteiger partial charge on any atom is -0.348 e. The fourth-order valence-corrected chi connectivity index (χ4v) is 3.31.